The molecule has 0 aromatic carbocycles. The molecule has 0 radical (unpaired) electrons. The molecule has 0 unspecified atom stereocenters. The minimum Gasteiger partial charge on any atom is -0.375 e. The molecule has 1 fully saturated rings. The van der Waals surface area contributed by atoms with Crippen LogP contribution in [0.4, 0.5) is 10.9 Å². The van der Waals surface area contributed by atoms with E-state index in [1.54, 1.807) is 0 Å². The fraction of sp³-hybridized carbons (Fsp3) is 0.455. The lowest BCUT2D eigenvalue weighted by molar-refractivity contribution is 0.574. The van der Waals surface area contributed by atoms with Gasteiger partial charge in [-0.05, 0) is 19.3 Å². The zero-order chi connectivity index (χ0) is 11.0. The zero-order valence-electron chi connectivity index (χ0n) is 9.02. The molecule has 1 saturated heterocycles. The predicted molar refractivity (Wildman–Crippen MR) is 67.9 cm³/mol. The Morgan fingerprint density at radius 2 is 2.06 bits per heavy atom. The van der Waals surface area contributed by atoms with Crippen LogP contribution >= 0.6 is 11.3 Å². The van der Waals surface area contributed by atoms with E-state index in [9.17, 15) is 0 Å². The van der Waals surface area contributed by atoms with Crippen LogP contribution in [0.1, 0.15) is 19.3 Å². The molecule has 1 aliphatic rings. The molecule has 84 valence electrons. The van der Waals surface area contributed by atoms with E-state index in [4.69, 9.17) is 5.73 Å². The van der Waals surface area contributed by atoms with Crippen molar-refractivity contribution in [2.45, 2.75) is 19.3 Å². The Morgan fingerprint density at radius 1 is 1.25 bits per heavy atom. The summed E-state index contributed by atoms with van der Waals surface area (Å²) in [7, 11) is 0. The van der Waals surface area contributed by atoms with Crippen LogP contribution in [0.5, 0.6) is 0 Å². The number of fused-ring (bicyclic) bond motifs is 1. The summed E-state index contributed by atoms with van der Waals surface area (Å²) in [6.07, 6.45) is 5.70. The maximum atomic E-state index is 5.69. The highest BCUT2D eigenvalue weighted by Crippen LogP contribution is 2.27. The first-order valence-corrected chi connectivity index (χ1v) is 6.41. The van der Waals surface area contributed by atoms with Crippen molar-refractivity contribution in [2.24, 2.45) is 0 Å². The first kappa shape index (κ1) is 9.84. The van der Waals surface area contributed by atoms with Gasteiger partial charge in [-0.3, -0.25) is 0 Å². The van der Waals surface area contributed by atoms with E-state index in [2.05, 4.69) is 20.9 Å². The van der Waals surface area contributed by atoms with Crippen molar-refractivity contribution in [1.29, 1.82) is 0 Å². The standard InChI is InChI=1S/C11H14N4S/c12-11-14-8-7-13-10(6-9(8)16-11)15-4-2-1-3-5-15/h6-7H,1-5H2,(H2,12,14). The SMILES string of the molecule is Nc1nc2cnc(N3CCCCC3)cc2s1. The molecule has 0 bridgehead atoms. The van der Waals surface area contributed by atoms with Crippen LogP contribution < -0.4 is 10.6 Å². The second-order valence-corrected chi connectivity index (χ2v) is 5.17. The molecule has 0 aliphatic carbocycles. The Hall–Kier alpha value is -1.36. The van der Waals surface area contributed by atoms with Crippen molar-refractivity contribution in [3.63, 3.8) is 0 Å². The minimum absolute atomic E-state index is 0.618. The van der Waals surface area contributed by atoms with Crippen LogP contribution in [0.3, 0.4) is 0 Å². The molecule has 0 atom stereocenters. The monoisotopic (exact) mass is 234 g/mol. The molecule has 3 heterocycles. The van der Waals surface area contributed by atoms with E-state index >= 15 is 0 Å². The zero-order valence-corrected chi connectivity index (χ0v) is 9.83. The number of pyridine rings is 1. The molecule has 2 aromatic rings. The van der Waals surface area contributed by atoms with E-state index in [-0.39, 0.29) is 0 Å². The quantitative estimate of drug-likeness (QED) is 0.822. The van der Waals surface area contributed by atoms with Crippen molar-refractivity contribution in [1.82, 2.24) is 9.97 Å². The van der Waals surface area contributed by atoms with Gasteiger partial charge in [0.25, 0.3) is 0 Å². The fourth-order valence-corrected chi connectivity index (χ4v) is 2.87. The number of rotatable bonds is 1. The van der Waals surface area contributed by atoms with Gasteiger partial charge in [0.1, 0.15) is 11.3 Å². The lowest BCUT2D eigenvalue weighted by atomic mass is 10.1. The maximum absolute atomic E-state index is 5.69. The smallest absolute Gasteiger partial charge is 0.181 e. The average molecular weight is 234 g/mol. The highest BCUT2D eigenvalue weighted by Gasteiger charge is 2.13. The summed E-state index contributed by atoms with van der Waals surface area (Å²) < 4.78 is 1.13. The summed E-state index contributed by atoms with van der Waals surface area (Å²) in [5, 5.41) is 0.618. The van der Waals surface area contributed by atoms with E-state index in [0.717, 1.165) is 29.1 Å². The second-order valence-electron chi connectivity index (χ2n) is 4.11. The van der Waals surface area contributed by atoms with Crippen LogP contribution in [0.15, 0.2) is 12.3 Å². The first-order chi connectivity index (χ1) is 7.83. The van der Waals surface area contributed by atoms with Crippen molar-refractivity contribution in [3.8, 4) is 0 Å². The van der Waals surface area contributed by atoms with Crippen LogP contribution in [-0.4, -0.2) is 23.1 Å². The predicted octanol–water partition coefficient (Wildman–Crippen LogP) is 2.26. The summed E-state index contributed by atoms with van der Waals surface area (Å²) in [4.78, 5) is 11.0. The number of thiazole rings is 1. The van der Waals surface area contributed by atoms with Gasteiger partial charge in [-0.25, -0.2) is 9.97 Å². The normalized spacial score (nSPS) is 16.9. The fourth-order valence-electron chi connectivity index (χ4n) is 2.14. The summed E-state index contributed by atoms with van der Waals surface area (Å²) in [5.74, 6) is 1.07. The lowest BCUT2D eigenvalue weighted by Gasteiger charge is -2.27. The Morgan fingerprint density at radius 3 is 2.88 bits per heavy atom. The number of hydrogen-bond acceptors (Lipinski definition) is 5. The van der Waals surface area contributed by atoms with Crippen LogP contribution in [0.2, 0.25) is 0 Å². The molecular weight excluding hydrogens is 220 g/mol. The van der Waals surface area contributed by atoms with Crippen molar-refractivity contribution in [2.75, 3.05) is 23.7 Å². The van der Waals surface area contributed by atoms with E-state index in [1.165, 1.54) is 30.6 Å². The third kappa shape index (κ3) is 1.71. The topological polar surface area (TPSA) is 55.0 Å². The maximum Gasteiger partial charge on any atom is 0.181 e. The Kier molecular flexibility index (Phi) is 2.40. The summed E-state index contributed by atoms with van der Waals surface area (Å²) in [6.45, 7) is 2.24. The van der Waals surface area contributed by atoms with Crippen molar-refractivity contribution >= 4 is 32.5 Å². The van der Waals surface area contributed by atoms with Gasteiger partial charge in [-0.2, -0.15) is 0 Å². The van der Waals surface area contributed by atoms with Crippen LogP contribution in [0.25, 0.3) is 10.2 Å². The van der Waals surface area contributed by atoms with Gasteiger partial charge in [-0.15, -0.1) is 0 Å². The molecule has 5 heteroatoms. The van der Waals surface area contributed by atoms with Gasteiger partial charge in [0, 0.05) is 19.2 Å². The molecule has 16 heavy (non-hydrogen) atoms. The molecule has 0 spiro atoms. The van der Waals surface area contributed by atoms with Gasteiger partial charge in [-0.1, -0.05) is 11.3 Å². The summed E-state index contributed by atoms with van der Waals surface area (Å²) in [6, 6.07) is 2.11. The number of piperidine rings is 1. The molecule has 0 amide bonds. The number of anilines is 2. The molecule has 0 saturated carbocycles. The molecule has 3 rings (SSSR count). The number of nitrogens with zero attached hydrogens (tertiary/aromatic N) is 3. The Labute approximate surface area is 98.1 Å². The highest BCUT2D eigenvalue weighted by atomic mass is 32.1. The van der Waals surface area contributed by atoms with Gasteiger partial charge in [0.2, 0.25) is 0 Å². The Bertz CT molecular complexity index is 502. The second kappa shape index (κ2) is 3.90. The molecule has 4 nitrogen and oxygen atoms in total. The number of nitrogens with two attached hydrogens (primary N) is 1. The molecule has 2 aromatic heterocycles. The van der Waals surface area contributed by atoms with E-state index in [1.807, 2.05) is 6.20 Å². The molecule has 1 aliphatic heterocycles. The number of hydrogen-bond donors (Lipinski definition) is 1. The summed E-state index contributed by atoms with van der Waals surface area (Å²) >= 11 is 1.53. The van der Waals surface area contributed by atoms with Gasteiger partial charge >= 0.3 is 0 Å². The van der Waals surface area contributed by atoms with Crippen LogP contribution in [0, 0.1) is 0 Å². The number of nitrogen functional groups attached to an aromatic ring is 1. The number of aromatic nitrogens is 2. The van der Waals surface area contributed by atoms with Crippen molar-refractivity contribution < 1.29 is 0 Å². The van der Waals surface area contributed by atoms with E-state index < -0.39 is 0 Å². The minimum atomic E-state index is 0.618. The molecular formula is C11H14N4S. The van der Waals surface area contributed by atoms with Gasteiger partial charge < -0.3 is 10.6 Å². The van der Waals surface area contributed by atoms with Crippen molar-refractivity contribution in [3.05, 3.63) is 12.3 Å². The lowest BCUT2D eigenvalue weighted by Crippen LogP contribution is -2.29. The van der Waals surface area contributed by atoms with Gasteiger partial charge in [0.05, 0.1) is 10.9 Å². The van der Waals surface area contributed by atoms with Crippen LogP contribution in [-0.2, 0) is 0 Å². The average Bonchev–Trinajstić information content (AvgIpc) is 2.69. The largest absolute Gasteiger partial charge is 0.375 e. The van der Waals surface area contributed by atoms with E-state index in [0.29, 0.717) is 5.13 Å². The third-order valence-corrected chi connectivity index (χ3v) is 3.80. The third-order valence-electron chi connectivity index (χ3n) is 2.96. The van der Waals surface area contributed by atoms with Gasteiger partial charge in [0.15, 0.2) is 5.13 Å². The summed E-state index contributed by atoms with van der Waals surface area (Å²) in [5.41, 5.74) is 6.59. The molecule has 2 N–H and O–H groups in total. The Balaban J connectivity index is 1.97. The highest BCUT2D eigenvalue weighted by molar-refractivity contribution is 7.22. The first-order valence-electron chi connectivity index (χ1n) is 5.60.